The van der Waals surface area contributed by atoms with E-state index in [0.29, 0.717) is 11.1 Å². The molecule has 0 fully saturated rings. The zero-order chi connectivity index (χ0) is 14.0. The van der Waals surface area contributed by atoms with Crippen LogP contribution in [0.3, 0.4) is 0 Å². The summed E-state index contributed by atoms with van der Waals surface area (Å²) in [7, 11) is 1.60. The highest BCUT2D eigenvalue weighted by Crippen LogP contribution is 2.22. The fraction of sp³-hybridized carbons (Fsp3) is 0.214. The van der Waals surface area contributed by atoms with E-state index in [-0.39, 0.29) is 11.9 Å². The second-order valence-electron chi connectivity index (χ2n) is 4.28. The number of benzene rings is 1. The molecule has 1 heterocycles. The van der Waals surface area contributed by atoms with Gasteiger partial charge in [-0.3, -0.25) is 4.79 Å². The van der Waals surface area contributed by atoms with Gasteiger partial charge in [0.2, 0.25) is 0 Å². The van der Waals surface area contributed by atoms with Gasteiger partial charge in [-0.1, -0.05) is 6.07 Å². The van der Waals surface area contributed by atoms with E-state index in [2.05, 4.69) is 0 Å². The summed E-state index contributed by atoms with van der Waals surface area (Å²) < 4.78 is 30.9. The van der Waals surface area contributed by atoms with Gasteiger partial charge in [0.25, 0.3) is 5.91 Å². The third-order valence-corrected chi connectivity index (χ3v) is 3.10. The first-order chi connectivity index (χ1) is 9.00. The molecule has 1 aromatic carbocycles. The van der Waals surface area contributed by atoms with E-state index in [1.54, 1.807) is 20.0 Å². The van der Waals surface area contributed by atoms with Gasteiger partial charge in [0, 0.05) is 7.05 Å². The Morgan fingerprint density at radius 2 is 2.00 bits per heavy atom. The highest BCUT2D eigenvalue weighted by Gasteiger charge is 2.20. The monoisotopic (exact) mass is 265 g/mol. The maximum absolute atomic E-state index is 13.2. The highest BCUT2D eigenvalue weighted by atomic mass is 19.2. The molecule has 100 valence electrons. The number of halogens is 2. The van der Waals surface area contributed by atoms with Crippen LogP contribution in [-0.2, 0) is 0 Å². The minimum atomic E-state index is -0.923. The molecule has 1 atom stereocenters. The topological polar surface area (TPSA) is 33.5 Å². The number of carbonyl (C=O) groups is 1. The molecule has 0 spiro atoms. The second kappa shape index (κ2) is 5.22. The van der Waals surface area contributed by atoms with E-state index in [0.717, 1.165) is 12.1 Å². The van der Waals surface area contributed by atoms with Crippen LogP contribution in [0.4, 0.5) is 8.78 Å². The molecule has 2 rings (SSSR count). The lowest BCUT2D eigenvalue weighted by atomic mass is 10.1. The van der Waals surface area contributed by atoms with Crippen LogP contribution in [0.25, 0.3) is 0 Å². The third-order valence-electron chi connectivity index (χ3n) is 3.10. The van der Waals surface area contributed by atoms with Crippen LogP contribution >= 0.6 is 0 Å². The first-order valence-corrected chi connectivity index (χ1v) is 5.75. The first kappa shape index (κ1) is 13.3. The third kappa shape index (κ3) is 2.65. The molecule has 1 unspecified atom stereocenters. The number of hydrogen-bond donors (Lipinski definition) is 0. The second-order valence-corrected chi connectivity index (χ2v) is 4.28. The summed E-state index contributed by atoms with van der Waals surface area (Å²) in [6, 6.07) is 4.78. The molecule has 0 aliphatic carbocycles. The van der Waals surface area contributed by atoms with Gasteiger partial charge in [-0.15, -0.1) is 0 Å². The number of rotatable bonds is 3. The van der Waals surface area contributed by atoms with E-state index >= 15 is 0 Å². The average Bonchev–Trinajstić information content (AvgIpc) is 2.93. The van der Waals surface area contributed by atoms with Crippen molar-refractivity contribution in [1.82, 2.24) is 4.90 Å². The van der Waals surface area contributed by atoms with Crippen molar-refractivity contribution in [3.05, 3.63) is 59.6 Å². The maximum Gasteiger partial charge on any atom is 0.257 e. The summed E-state index contributed by atoms with van der Waals surface area (Å²) in [5.41, 5.74) is 0.940. The van der Waals surface area contributed by atoms with Crippen molar-refractivity contribution in [2.75, 3.05) is 7.05 Å². The quantitative estimate of drug-likeness (QED) is 0.852. The molecular weight excluding hydrogens is 252 g/mol. The van der Waals surface area contributed by atoms with Crippen LogP contribution in [0.2, 0.25) is 0 Å². The minimum absolute atomic E-state index is 0.244. The zero-order valence-electron chi connectivity index (χ0n) is 10.6. The number of hydrogen-bond acceptors (Lipinski definition) is 2. The summed E-state index contributed by atoms with van der Waals surface area (Å²) in [6.45, 7) is 1.74. The highest BCUT2D eigenvalue weighted by molar-refractivity contribution is 5.93. The number of amides is 1. The zero-order valence-corrected chi connectivity index (χ0v) is 10.6. The lowest BCUT2D eigenvalue weighted by Crippen LogP contribution is -2.29. The maximum atomic E-state index is 13.2. The van der Waals surface area contributed by atoms with Crippen LogP contribution in [0, 0.1) is 11.6 Å². The van der Waals surface area contributed by atoms with Gasteiger partial charge in [0.1, 0.15) is 6.26 Å². The van der Waals surface area contributed by atoms with Gasteiger partial charge in [-0.2, -0.15) is 0 Å². The summed E-state index contributed by atoms with van der Waals surface area (Å²) in [5, 5.41) is 0. The van der Waals surface area contributed by atoms with E-state index in [1.165, 1.54) is 23.5 Å². The number of furan rings is 1. The van der Waals surface area contributed by atoms with Crippen LogP contribution in [-0.4, -0.2) is 17.9 Å². The van der Waals surface area contributed by atoms with Gasteiger partial charge >= 0.3 is 0 Å². The van der Waals surface area contributed by atoms with Crippen molar-refractivity contribution in [1.29, 1.82) is 0 Å². The Morgan fingerprint density at radius 3 is 2.58 bits per heavy atom. The van der Waals surface area contributed by atoms with Gasteiger partial charge < -0.3 is 9.32 Å². The molecule has 1 amide bonds. The van der Waals surface area contributed by atoms with Crippen molar-refractivity contribution in [3.63, 3.8) is 0 Å². The van der Waals surface area contributed by atoms with Crippen LogP contribution < -0.4 is 0 Å². The predicted octanol–water partition coefficient (Wildman–Crippen LogP) is 3.39. The fourth-order valence-corrected chi connectivity index (χ4v) is 1.76. The van der Waals surface area contributed by atoms with Gasteiger partial charge in [-0.05, 0) is 30.7 Å². The molecule has 0 aliphatic rings. The van der Waals surface area contributed by atoms with Crippen molar-refractivity contribution < 1.29 is 18.0 Å². The van der Waals surface area contributed by atoms with Crippen LogP contribution in [0.5, 0.6) is 0 Å². The molecular formula is C14H13F2NO2. The standard InChI is InChI=1S/C14H13F2NO2/c1-9(10-3-4-12(15)13(16)7-10)17(2)14(18)11-5-6-19-8-11/h3-9H,1-2H3. The van der Waals surface area contributed by atoms with E-state index < -0.39 is 11.6 Å². The molecule has 19 heavy (non-hydrogen) atoms. The van der Waals surface area contributed by atoms with Gasteiger partial charge in [-0.25, -0.2) is 8.78 Å². The summed E-state index contributed by atoms with van der Waals surface area (Å²) >= 11 is 0. The molecule has 1 aromatic heterocycles. The average molecular weight is 265 g/mol. The summed E-state index contributed by atoms with van der Waals surface area (Å²) in [6.07, 6.45) is 2.75. The predicted molar refractivity (Wildman–Crippen MR) is 65.6 cm³/mol. The van der Waals surface area contributed by atoms with Crippen LogP contribution in [0.15, 0.2) is 41.2 Å². The Morgan fingerprint density at radius 1 is 1.26 bits per heavy atom. The van der Waals surface area contributed by atoms with Gasteiger partial charge in [0.05, 0.1) is 17.9 Å². The molecule has 2 aromatic rings. The Labute approximate surface area is 109 Å². The largest absolute Gasteiger partial charge is 0.472 e. The van der Waals surface area contributed by atoms with E-state index in [4.69, 9.17) is 4.42 Å². The van der Waals surface area contributed by atoms with Crippen molar-refractivity contribution >= 4 is 5.91 Å². The molecule has 0 saturated carbocycles. The minimum Gasteiger partial charge on any atom is -0.472 e. The van der Waals surface area contributed by atoms with E-state index in [1.807, 2.05) is 0 Å². The number of nitrogens with zero attached hydrogens (tertiary/aromatic N) is 1. The molecule has 5 heteroatoms. The Kier molecular flexibility index (Phi) is 3.64. The molecule has 0 bridgehead atoms. The lowest BCUT2D eigenvalue weighted by Gasteiger charge is -2.25. The van der Waals surface area contributed by atoms with Crippen molar-refractivity contribution in [2.45, 2.75) is 13.0 Å². The number of carbonyl (C=O) groups excluding carboxylic acids is 1. The molecule has 3 nitrogen and oxygen atoms in total. The van der Waals surface area contributed by atoms with Crippen molar-refractivity contribution in [3.8, 4) is 0 Å². The van der Waals surface area contributed by atoms with Crippen LogP contribution in [0.1, 0.15) is 28.9 Å². The SMILES string of the molecule is CC(c1ccc(F)c(F)c1)N(C)C(=O)c1ccoc1. The van der Waals surface area contributed by atoms with E-state index in [9.17, 15) is 13.6 Å². The lowest BCUT2D eigenvalue weighted by molar-refractivity contribution is 0.0741. The molecule has 0 N–H and O–H groups in total. The molecule has 0 aliphatic heterocycles. The molecule has 0 saturated heterocycles. The summed E-state index contributed by atoms with van der Waals surface area (Å²) in [5.74, 6) is -2.07. The fourth-order valence-electron chi connectivity index (χ4n) is 1.76. The van der Waals surface area contributed by atoms with Crippen molar-refractivity contribution in [2.24, 2.45) is 0 Å². The smallest absolute Gasteiger partial charge is 0.257 e. The van der Waals surface area contributed by atoms with Gasteiger partial charge in [0.15, 0.2) is 11.6 Å². The Bertz CT molecular complexity index is 581. The Balaban J connectivity index is 2.21. The Hall–Kier alpha value is -2.17. The normalized spacial score (nSPS) is 12.2. The summed E-state index contributed by atoms with van der Waals surface area (Å²) in [4.78, 5) is 13.5. The molecule has 0 radical (unpaired) electrons. The first-order valence-electron chi connectivity index (χ1n) is 5.75.